The minimum atomic E-state index is -1.19. The molecule has 0 aromatic carbocycles. The fourth-order valence-electron chi connectivity index (χ4n) is 8.77. The van der Waals surface area contributed by atoms with E-state index in [4.69, 9.17) is 9.47 Å². The molecule has 4 aliphatic carbocycles. The van der Waals surface area contributed by atoms with Crippen molar-refractivity contribution in [3.8, 4) is 11.4 Å². The number of pyridine rings is 1. The van der Waals surface area contributed by atoms with E-state index in [1.807, 2.05) is 40.0 Å². The molecule has 306 valence electrons. The normalized spacial score (nSPS) is 30.2. The van der Waals surface area contributed by atoms with Crippen LogP contribution in [-0.4, -0.2) is 99.2 Å². The van der Waals surface area contributed by atoms with Gasteiger partial charge in [-0.2, -0.15) is 0 Å². The number of aromatic nitrogens is 2. The fraction of sp³-hybridized carbons (Fsp3) is 0.585. The van der Waals surface area contributed by atoms with Crippen LogP contribution in [0.3, 0.4) is 0 Å². The first-order valence-electron chi connectivity index (χ1n) is 19.7. The molecular formula is C41H52N6O9S. The third-order valence-corrected chi connectivity index (χ3v) is 12.8. The Morgan fingerprint density at radius 1 is 1.14 bits per heavy atom. The SMILES string of the molecule is C=CC1C[C@@]1(C=O)NC(=O)C1C[C@@H](C2C=c3c(=O)cc(-c4csc(NC(C)C)n4)[nH]c3=CC2OCC(=O)O)CN1C(=O)C(NC(=O)OC1C[C@@H]2C[C@@H]2C1)C(C)(C)C. The summed E-state index contributed by atoms with van der Waals surface area (Å²) in [4.78, 5) is 89.2. The summed E-state index contributed by atoms with van der Waals surface area (Å²) in [6.45, 7) is 12.6. The van der Waals surface area contributed by atoms with Crippen molar-refractivity contribution in [2.24, 2.45) is 35.0 Å². The maximum absolute atomic E-state index is 14.7. The van der Waals surface area contributed by atoms with Crippen LogP contribution in [0.1, 0.15) is 66.7 Å². The summed E-state index contributed by atoms with van der Waals surface area (Å²) in [6.07, 6.45) is 7.20. The van der Waals surface area contributed by atoms with Gasteiger partial charge in [-0.3, -0.25) is 14.4 Å². The van der Waals surface area contributed by atoms with Crippen LogP contribution < -0.4 is 31.9 Å². The number of fused-ring (bicyclic) bond motifs is 2. The van der Waals surface area contributed by atoms with Crippen molar-refractivity contribution < 1.29 is 38.6 Å². The number of carbonyl (C=O) groups is 5. The highest BCUT2D eigenvalue weighted by Crippen LogP contribution is 2.52. The molecule has 5 N–H and O–H groups in total. The standard InChI is InChI=1S/C41H52N6O9S/c1-7-24-15-41(24,19-48)46-36(52)31-11-23(16-47(31)37(53)35(40(4,5)6)45-39(54)56-25-9-21-8-22(21)10-25)26-12-27-28(14-33(26)55-17-34(50)51)43-29(13-32(27)49)30-18-57-38(44-30)42-20(2)3/h7,12-14,18-26,31,33,35,43H,1,8-11,15-17H2,2-6H3,(H,42,44)(H,45,54)(H,46,52)(H,50,51)/t21-,22+,23-,24?,25?,26?,31?,33?,35?,41+/m1/s1. The average molecular weight is 805 g/mol. The molecule has 15 nitrogen and oxygen atoms in total. The smallest absolute Gasteiger partial charge is 0.408 e. The van der Waals surface area contributed by atoms with Crippen LogP contribution in [-0.2, 0) is 28.7 Å². The molecule has 2 aromatic rings. The molecule has 2 aromatic heterocycles. The van der Waals surface area contributed by atoms with Gasteiger partial charge in [0.15, 0.2) is 10.6 Å². The molecule has 7 rings (SSSR count). The number of aromatic amines is 1. The Balaban J connectivity index is 1.20. The van der Waals surface area contributed by atoms with E-state index in [1.54, 1.807) is 18.2 Å². The fourth-order valence-corrected chi connectivity index (χ4v) is 9.63. The third kappa shape index (κ3) is 8.57. The molecule has 1 aliphatic heterocycles. The quantitative estimate of drug-likeness (QED) is 0.138. The zero-order chi connectivity index (χ0) is 41.0. The van der Waals surface area contributed by atoms with Gasteiger partial charge in [0.25, 0.3) is 0 Å². The summed E-state index contributed by atoms with van der Waals surface area (Å²) >= 11 is 1.40. The number of likely N-dealkylation sites (tertiary alicyclic amines) is 1. The molecule has 3 amide bonds. The van der Waals surface area contributed by atoms with Crippen LogP contribution in [0.15, 0.2) is 28.9 Å². The maximum Gasteiger partial charge on any atom is 0.408 e. The summed E-state index contributed by atoms with van der Waals surface area (Å²) in [5.74, 6) is -2.46. The highest BCUT2D eigenvalue weighted by Gasteiger charge is 2.56. The second kappa shape index (κ2) is 15.5. The van der Waals surface area contributed by atoms with Gasteiger partial charge in [-0.15, -0.1) is 17.9 Å². The Morgan fingerprint density at radius 3 is 2.51 bits per heavy atom. The highest BCUT2D eigenvalue weighted by molar-refractivity contribution is 7.14. The molecule has 0 radical (unpaired) electrons. The van der Waals surface area contributed by atoms with Gasteiger partial charge < -0.3 is 45.2 Å². The molecule has 10 atom stereocenters. The summed E-state index contributed by atoms with van der Waals surface area (Å²) in [7, 11) is 0. The molecule has 4 fully saturated rings. The summed E-state index contributed by atoms with van der Waals surface area (Å²) in [5, 5.41) is 21.9. The lowest BCUT2D eigenvalue weighted by Gasteiger charge is -2.36. The number of anilines is 1. The van der Waals surface area contributed by atoms with E-state index >= 15 is 0 Å². The molecule has 0 spiro atoms. The number of nitrogens with zero attached hydrogens (tertiary/aromatic N) is 2. The number of thiazole rings is 1. The number of hydrogen-bond acceptors (Lipinski definition) is 11. The van der Waals surface area contributed by atoms with E-state index in [2.05, 4.69) is 32.5 Å². The number of ether oxygens (including phenoxy) is 2. The van der Waals surface area contributed by atoms with Gasteiger partial charge in [0, 0.05) is 46.4 Å². The van der Waals surface area contributed by atoms with Crippen molar-refractivity contribution in [2.45, 2.75) is 103 Å². The van der Waals surface area contributed by atoms with Gasteiger partial charge in [0.1, 0.15) is 36.6 Å². The topological polar surface area (TPSA) is 209 Å². The van der Waals surface area contributed by atoms with Crippen LogP contribution in [0.5, 0.6) is 0 Å². The van der Waals surface area contributed by atoms with Gasteiger partial charge in [-0.05, 0) is 75.2 Å². The Labute approximate surface area is 334 Å². The van der Waals surface area contributed by atoms with E-state index < -0.39 is 71.5 Å². The van der Waals surface area contributed by atoms with Crippen LogP contribution >= 0.6 is 11.3 Å². The molecule has 6 unspecified atom stereocenters. The monoisotopic (exact) mass is 804 g/mol. The van der Waals surface area contributed by atoms with Gasteiger partial charge in [-0.1, -0.05) is 32.9 Å². The van der Waals surface area contributed by atoms with Gasteiger partial charge >= 0.3 is 12.1 Å². The van der Waals surface area contributed by atoms with Crippen molar-refractivity contribution in [2.75, 3.05) is 18.5 Å². The first kappa shape index (κ1) is 40.4. The third-order valence-electron chi connectivity index (χ3n) is 12.0. The zero-order valence-electron chi connectivity index (χ0n) is 32.9. The van der Waals surface area contributed by atoms with E-state index in [1.165, 1.54) is 22.3 Å². The number of amides is 3. The number of carboxylic acid groups (broad SMARTS) is 1. The number of carboxylic acids is 1. The number of rotatable bonds is 14. The van der Waals surface area contributed by atoms with E-state index in [-0.39, 0.29) is 36.5 Å². The van der Waals surface area contributed by atoms with Crippen LogP contribution in [0, 0.1) is 35.0 Å². The minimum Gasteiger partial charge on any atom is -0.480 e. The van der Waals surface area contributed by atoms with Crippen molar-refractivity contribution in [1.82, 2.24) is 25.5 Å². The lowest BCUT2D eigenvalue weighted by molar-refractivity contribution is -0.143. The Morgan fingerprint density at radius 2 is 1.88 bits per heavy atom. The van der Waals surface area contributed by atoms with Gasteiger partial charge in [-0.25, -0.2) is 14.6 Å². The molecule has 57 heavy (non-hydrogen) atoms. The number of carbonyl (C=O) groups excluding carboxylic acids is 4. The summed E-state index contributed by atoms with van der Waals surface area (Å²) in [5.41, 5.74) is -1.19. The predicted octanol–water partition coefficient (Wildman–Crippen LogP) is 2.40. The number of alkyl carbamates (subject to hydrolysis) is 1. The van der Waals surface area contributed by atoms with E-state index in [0.717, 1.165) is 19.3 Å². The minimum absolute atomic E-state index is 0.0168. The molecular weight excluding hydrogens is 753 g/mol. The molecule has 1 saturated heterocycles. The van der Waals surface area contributed by atoms with Crippen LogP contribution in [0.25, 0.3) is 23.5 Å². The van der Waals surface area contributed by atoms with E-state index in [9.17, 15) is 33.9 Å². The average Bonchev–Trinajstić information content (AvgIpc) is 3.78. The number of H-pyrrole nitrogens is 1. The largest absolute Gasteiger partial charge is 0.480 e. The Kier molecular flexibility index (Phi) is 11.0. The van der Waals surface area contributed by atoms with Crippen molar-refractivity contribution >= 4 is 58.8 Å². The van der Waals surface area contributed by atoms with Crippen LogP contribution in [0.2, 0.25) is 0 Å². The van der Waals surface area contributed by atoms with E-state index in [0.29, 0.717) is 51.6 Å². The van der Waals surface area contributed by atoms with Gasteiger partial charge in [0.05, 0.1) is 17.5 Å². The second-order valence-electron chi connectivity index (χ2n) is 17.7. The number of aldehydes is 1. The molecule has 5 aliphatic rings. The van der Waals surface area contributed by atoms with Crippen molar-refractivity contribution in [3.63, 3.8) is 0 Å². The summed E-state index contributed by atoms with van der Waals surface area (Å²) in [6, 6.07) is -0.523. The molecule has 3 saturated carbocycles. The van der Waals surface area contributed by atoms with Gasteiger partial charge in [0.2, 0.25) is 11.8 Å². The Bertz CT molecular complexity index is 2130. The Hall–Kier alpha value is -4.83. The first-order chi connectivity index (χ1) is 27.0. The first-order valence-corrected chi connectivity index (χ1v) is 20.6. The number of nitrogens with one attached hydrogen (secondary N) is 4. The lowest BCUT2D eigenvalue weighted by Crippen LogP contribution is -2.59. The zero-order valence-corrected chi connectivity index (χ0v) is 33.7. The molecule has 16 heteroatoms. The lowest BCUT2D eigenvalue weighted by atomic mass is 9.82. The molecule has 0 bridgehead atoms. The molecule has 3 heterocycles. The highest BCUT2D eigenvalue weighted by atomic mass is 32.1. The second-order valence-corrected chi connectivity index (χ2v) is 18.5. The van der Waals surface area contributed by atoms with Crippen molar-refractivity contribution in [3.05, 3.63) is 44.9 Å². The number of aliphatic carboxylic acids is 1. The van der Waals surface area contributed by atoms with Crippen molar-refractivity contribution in [1.29, 1.82) is 0 Å². The predicted molar refractivity (Wildman–Crippen MR) is 212 cm³/mol. The summed E-state index contributed by atoms with van der Waals surface area (Å²) < 4.78 is 11.7. The number of hydrogen-bond donors (Lipinski definition) is 5. The van der Waals surface area contributed by atoms with Crippen LogP contribution in [0.4, 0.5) is 9.93 Å². The maximum atomic E-state index is 14.7.